The minimum absolute atomic E-state index is 0.467. The molecule has 0 saturated carbocycles. The van der Waals surface area contributed by atoms with Crippen LogP contribution in [-0.2, 0) is 4.79 Å². The van der Waals surface area contributed by atoms with Crippen LogP contribution in [0, 0.1) is 12.8 Å². The summed E-state index contributed by atoms with van der Waals surface area (Å²) in [5.41, 5.74) is 0. The zero-order valence-corrected chi connectivity index (χ0v) is 12.2. The molecule has 6 heteroatoms. The Balaban J connectivity index is 2.30. The van der Waals surface area contributed by atoms with Crippen LogP contribution in [0.25, 0.3) is 0 Å². The van der Waals surface area contributed by atoms with Crippen molar-refractivity contribution >= 4 is 11.8 Å². The Bertz CT molecular complexity index is 493. The molecule has 1 aliphatic heterocycles. The Kier molecular flexibility index (Phi) is 4.42. The number of carbonyl (C=O) groups is 1. The van der Waals surface area contributed by atoms with E-state index in [1.54, 1.807) is 20.1 Å². The van der Waals surface area contributed by atoms with Crippen molar-refractivity contribution in [2.24, 2.45) is 5.92 Å². The highest BCUT2D eigenvalue weighted by atomic mass is 16.5. The summed E-state index contributed by atoms with van der Waals surface area (Å²) < 4.78 is 5.14. The van der Waals surface area contributed by atoms with Crippen molar-refractivity contribution in [3.8, 4) is 5.88 Å². The number of hydrogen-bond donors (Lipinski definition) is 1. The summed E-state index contributed by atoms with van der Waals surface area (Å²) in [6.45, 7) is 4.59. The van der Waals surface area contributed by atoms with E-state index >= 15 is 0 Å². The van der Waals surface area contributed by atoms with Crippen LogP contribution < -0.4 is 9.64 Å². The molecule has 1 aromatic heterocycles. The second-order valence-corrected chi connectivity index (χ2v) is 5.16. The average Bonchev–Trinajstić information content (AvgIpc) is 2.45. The highest BCUT2D eigenvalue weighted by Gasteiger charge is 2.33. The second kappa shape index (κ2) is 6.07. The van der Waals surface area contributed by atoms with Gasteiger partial charge in [-0.25, -0.2) is 9.78 Å². The number of anilines is 1. The molecule has 2 atom stereocenters. The van der Waals surface area contributed by atoms with E-state index in [1.165, 1.54) is 0 Å². The highest BCUT2D eigenvalue weighted by molar-refractivity contribution is 5.78. The summed E-state index contributed by atoms with van der Waals surface area (Å²) in [5, 5.41) is 9.46. The smallest absolute Gasteiger partial charge is 0.326 e. The van der Waals surface area contributed by atoms with Gasteiger partial charge in [-0.2, -0.15) is 4.98 Å². The lowest BCUT2D eigenvalue weighted by molar-refractivity contribution is -0.139. The molecule has 0 aromatic carbocycles. The largest absolute Gasteiger partial charge is 0.481 e. The van der Waals surface area contributed by atoms with Crippen LogP contribution in [0.2, 0.25) is 0 Å². The zero-order chi connectivity index (χ0) is 14.7. The quantitative estimate of drug-likeness (QED) is 0.907. The Morgan fingerprint density at radius 1 is 1.55 bits per heavy atom. The maximum Gasteiger partial charge on any atom is 0.326 e. The lowest BCUT2D eigenvalue weighted by Crippen LogP contribution is -2.47. The normalized spacial score (nSPS) is 22.6. The van der Waals surface area contributed by atoms with Crippen LogP contribution in [0.4, 0.5) is 5.82 Å². The number of ether oxygens (including phenoxy) is 1. The molecule has 1 fully saturated rings. The number of rotatable bonds is 4. The van der Waals surface area contributed by atoms with Gasteiger partial charge >= 0.3 is 5.97 Å². The summed E-state index contributed by atoms with van der Waals surface area (Å²) >= 11 is 0. The summed E-state index contributed by atoms with van der Waals surface area (Å²) in [5.74, 6) is 1.36. The van der Waals surface area contributed by atoms with Crippen LogP contribution in [0.15, 0.2) is 6.07 Å². The molecule has 1 aromatic rings. The van der Waals surface area contributed by atoms with Crippen LogP contribution in [-0.4, -0.2) is 40.7 Å². The lowest BCUT2D eigenvalue weighted by Gasteiger charge is -2.37. The predicted molar refractivity (Wildman–Crippen MR) is 75.1 cm³/mol. The van der Waals surface area contributed by atoms with Gasteiger partial charge in [0, 0.05) is 12.6 Å². The summed E-state index contributed by atoms with van der Waals surface area (Å²) in [6.07, 6.45) is 2.67. The number of hydrogen-bond acceptors (Lipinski definition) is 5. The van der Waals surface area contributed by atoms with Gasteiger partial charge in [-0.1, -0.05) is 13.3 Å². The van der Waals surface area contributed by atoms with E-state index in [-0.39, 0.29) is 0 Å². The zero-order valence-electron chi connectivity index (χ0n) is 12.2. The van der Waals surface area contributed by atoms with Crippen molar-refractivity contribution in [2.45, 2.75) is 39.2 Å². The van der Waals surface area contributed by atoms with Gasteiger partial charge < -0.3 is 14.7 Å². The third kappa shape index (κ3) is 3.00. The molecular weight excluding hydrogens is 258 g/mol. The SMILES string of the molecule is CCC1CCN(c2cc(OC)nc(C)n2)C(C(=O)O)C1. The molecule has 2 unspecified atom stereocenters. The molecule has 0 bridgehead atoms. The molecule has 6 nitrogen and oxygen atoms in total. The topological polar surface area (TPSA) is 75.5 Å². The number of nitrogens with zero attached hydrogens (tertiary/aromatic N) is 3. The van der Waals surface area contributed by atoms with E-state index < -0.39 is 12.0 Å². The first kappa shape index (κ1) is 14.6. The molecule has 1 aliphatic rings. The Labute approximate surface area is 118 Å². The first-order valence-corrected chi connectivity index (χ1v) is 6.94. The number of carboxylic acids is 1. The van der Waals surface area contributed by atoms with Crippen molar-refractivity contribution in [1.29, 1.82) is 0 Å². The maximum atomic E-state index is 11.5. The fourth-order valence-electron chi connectivity index (χ4n) is 2.69. The Morgan fingerprint density at radius 2 is 2.30 bits per heavy atom. The first-order chi connectivity index (χ1) is 9.55. The number of carboxylic acid groups (broad SMARTS) is 1. The van der Waals surface area contributed by atoms with Gasteiger partial charge in [-0.15, -0.1) is 0 Å². The van der Waals surface area contributed by atoms with Crippen LogP contribution in [0.5, 0.6) is 5.88 Å². The van der Waals surface area contributed by atoms with E-state index in [0.717, 1.165) is 12.8 Å². The minimum Gasteiger partial charge on any atom is -0.481 e. The van der Waals surface area contributed by atoms with Gasteiger partial charge in [-0.05, 0) is 25.7 Å². The number of aryl methyl sites for hydroxylation is 1. The number of methoxy groups -OCH3 is 1. The van der Waals surface area contributed by atoms with Crippen molar-refractivity contribution < 1.29 is 14.6 Å². The van der Waals surface area contributed by atoms with E-state index in [1.807, 2.05) is 4.90 Å². The van der Waals surface area contributed by atoms with E-state index in [2.05, 4.69) is 16.9 Å². The molecule has 20 heavy (non-hydrogen) atoms. The van der Waals surface area contributed by atoms with Crippen molar-refractivity contribution in [1.82, 2.24) is 9.97 Å². The number of aromatic nitrogens is 2. The van der Waals surface area contributed by atoms with Crippen molar-refractivity contribution in [2.75, 3.05) is 18.6 Å². The van der Waals surface area contributed by atoms with Crippen LogP contribution in [0.1, 0.15) is 32.0 Å². The minimum atomic E-state index is -0.793. The lowest BCUT2D eigenvalue weighted by atomic mass is 9.89. The van der Waals surface area contributed by atoms with Gasteiger partial charge in [0.2, 0.25) is 5.88 Å². The first-order valence-electron chi connectivity index (χ1n) is 6.94. The van der Waals surface area contributed by atoms with Gasteiger partial charge in [0.1, 0.15) is 17.7 Å². The standard InChI is InChI=1S/C14H21N3O3/c1-4-10-5-6-17(11(7-10)14(18)19)12-8-13(20-3)16-9(2)15-12/h8,10-11H,4-7H2,1-3H3,(H,18,19). The molecular formula is C14H21N3O3. The van der Waals surface area contributed by atoms with Crippen molar-refractivity contribution in [3.63, 3.8) is 0 Å². The molecule has 1 saturated heterocycles. The van der Waals surface area contributed by atoms with Gasteiger partial charge in [0.05, 0.1) is 7.11 Å². The third-order valence-corrected chi connectivity index (χ3v) is 3.88. The van der Waals surface area contributed by atoms with E-state index in [9.17, 15) is 9.90 Å². The number of piperidine rings is 1. The molecule has 0 spiro atoms. The fraction of sp³-hybridized carbons (Fsp3) is 0.643. The van der Waals surface area contributed by atoms with E-state index in [4.69, 9.17) is 4.74 Å². The monoisotopic (exact) mass is 279 g/mol. The van der Waals surface area contributed by atoms with Gasteiger partial charge in [0.25, 0.3) is 0 Å². The van der Waals surface area contributed by atoms with Crippen LogP contribution >= 0.6 is 0 Å². The molecule has 2 rings (SSSR count). The average molecular weight is 279 g/mol. The fourth-order valence-corrected chi connectivity index (χ4v) is 2.69. The third-order valence-electron chi connectivity index (χ3n) is 3.88. The van der Waals surface area contributed by atoms with Crippen LogP contribution in [0.3, 0.4) is 0 Å². The summed E-state index contributed by atoms with van der Waals surface area (Å²) in [4.78, 5) is 21.9. The molecule has 0 radical (unpaired) electrons. The van der Waals surface area contributed by atoms with E-state index in [0.29, 0.717) is 36.4 Å². The molecule has 1 N–H and O–H groups in total. The van der Waals surface area contributed by atoms with Gasteiger partial charge in [0.15, 0.2) is 0 Å². The molecule has 0 amide bonds. The molecule has 110 valence electrons. The Hall–Kier alpha value is -1.85. The summed E-state index contributed by atoms with van der Waals surface area (Å²) in [6, 6.07) is 1.18. The van der Waals surface area contributed by atoms with Gasteiger partial charge in [-0.3, -0.25) is 0 Å². The van der Waals surface area contributed by atoms with Crippen molar-refractivity contribution in [3.05, 3.63) is 11.9 Å². The Morgan fingerprint density at radius 3 is 2.90 bits per heavy atom. The second-order valence-electron chi connectivity index (χ2n) is 5.16. The maximum absolute atomic E-state index is 11.5. The molecule has 0 aliphatic carbocycles. The predicted octanol–water partition coefficient (Wildman–Crippen LogP) is 1.87. The number of aliphatic carboxylic acids is 1. The molecule has 2 heterocycles. The summed E-state index contributed by atoms with van der Waals surface area (Å²) in [7, 11) is 1.55. The highest BCUT2D eigenvalue weighted by Crippen LogP contribution is 2.30.